The lowest BCUT2D eigenvalue weighted by molar-refractivity contribution is -0.0673. The van der Waals surface area contributed by atoms with Crippen LogP contribution in [0.4, 0.5) is 0 Å². The average molecular weight is 1370 g/mol. The van der Waals surface area contributed by atoms with E-state index in [1.807, 2.05) is 0 Å². The zero-order valence-corrected chi connectivity index (χ0v) is 69.0. The summed E-state index contributed by atoms with van der Waals surface area (Å²) in [6.45, 7) is 24.3. The minimum Gasteiger partial charge on any atom is -0.0625 e. The molecule has 0 saturated heterocycles. The second kappa shape index (κ2) is 41.5. The van der Waals surface area contributed by atoms with Crippen LogP contribution in [0, 0.1) is 178 Å². The minimum absolute atomic E-state index is 1.02. The van der Waals surface area contributed by atoms with Crippen molar-refractivity contribution in [2.75, 3.05) is 0 Å². The average Bonchev–Trinajstić information content (AvgIpc) is 1.40. The fourth-order valence-electron chi connectivity index (χ4n) is 27.7. The maximum Gasteiger partial charge on any atom is -0.0380 e. The van der Waals surface area contributed by atoms with Crippen LogP contribution in [0.3, 0.4) is 0 Å². The van der Waals surface area contributed by atoms with Crippen molar-refractivity contribution >= 4 is 0 Å². The van der Waals surface area contributed by atoms with Gasteiger partial charge in [-0.3, -0.25) is 0 Å². The van der Waals surface area contributed by atoms with E-state index in [0.29, 0.717) is 0 Å². The zero-order chi connectivity index (χ0) is 69.0. The molecule has 0 amide bonds. The van der Waals surface area contributed by atoms with Gasteiger partial charge in [0.05, 0.1) is 0 Å². The lowest BCUT2D eigenvalue weighted by atomic mass is 9.49. The van der Waals surface area contributed by atoms with E-state index in [1.165, 1.54) is 191 Å². The van der Waals surface area contributed by atoms with Crippen LogP contribution in [0.25, 0.3) is 0 Å². The third-order valence-electron chi connectivity index (χ3n) is 34.5. The van der Waals surface area contributed by atoms with E-state index in [2.05, 4.69) is 69.2 Å². The Kier molecular flexibility index (Phi) is 33.6. The van der Waals surface area contributed by atoms with Crippen molar-refractivity contribution in [3.05, 3.63) is 0 Å². The van der Waals surface area contributed by atoms with Gasteiger partial charge in [-0.2, -0.15) is 0 Å². The Hall–Kier alpha value is 0. The van der Waals surface area contributed by atoms with E-state index in [4.69, 9.17) is 0 Å². The van der Waals surface area contributed by atoms with Gasteiger partial charge in [-0.25, -0.2) is 0 Å². The maximum absolute atomic E-state index is 2.47. The Morgan fingerprint density at radius 1 is 0.121 bits per heavy atom. The number of hydrogen-bond donors (Lipinski definition) is 0. The molecule has 27 aliphatic rings. The highest BCUT2D eigenvalue weighted by Gasteiger charge is 2.49. The van der Waals surface area contributed by atoms with Gasteiger partial charge in [-0.1, -0.05) is 313 Å². The molecule has 20 bridgehead atoms. The SMILES string of the molecule is CC1C2CC1C2.CC1CC2CC(C1)C2.CC1CC2CCCC(CC2)C1.CC1CC2CCCC(CCC2)C1.C[C@@H]1CC2CC1C2.C[C@@H]1CCC2CC(C2)C1.C[C@@H]1CCC2CCC(C2)C1.C[C@@H]1CCC2CCC(CC2)C1.C[C@@H]1CCC2CCCC(CC2)C1.C[C@@H]1CCC2CCCC(CCC2)C1. The zero-order valence-electron chi connectivity index (χ0n) is 69.0. The first-order valence-corrected chi connectivity index (χ1v) is 48.0. The lowest BCUT2D eigenvalue weighted by Crippen LogP contribution is -2.48. The largest absolute Gasteiger partial charge is 0.0625 e. The molecule has 12 atom stereocenters. The van der Waals surface area contributed by atoms with Crippen LogP contribution in [-0.2, 0) is 0 Å². The van der Waals surface area contributed by atoms with Gasteiger partial charge >= 0.3 is 0 Å². The molecule has 0 spiro atoms. The Morgan fingerprint density at radius 3 is 0.616 bits per heavy atom. The molecule has 0 nitrogen and oxygen atoms in total. The topological polar surface area (TPSA) is 0 Å². The molecule has 0 heteroatoms. The molecule has 99 heavy (non-hydrogen) atoms. The predicted molar refractivity (Wildman–Crippen MR) is 434 cm³/mol. The van der Waals surface area contributed by atoms with E-state index < -0.39 is 0 Å². The first kappa shape index (κ1) is 80.0. The Morgan fingerprint density at radius 2 is 0.303 bits per heavy atom. The Labute approximate surface area is 621 Å². The third-order valence-corrected chi connectivity index (χ3v) is 34.5. The summed E-state index contributed by atoms with van der Waals surface area (Å²) in [4.78, 5) is 0. The first-order valence-electron chi connectivity index (χ1n) is 48.0. The quantitative estimate of drug-likeness (QED) is 0.227. The van der Waals surface area contributed by atoms with E-state index in [1.54, 1.807) is 205 Å². The second-order valence-corrected chi connectivity index (χ2v) is 44.0. The molecular weight excluding hydrogens is 1190 g/mol. The predicted octanol–water partition coefficient (Wildman–Crippen LogP) is 31.8. The molecule has 27 fully saturated rings. The summed E-state index contributed by atoms with van der Waals surface area (Å²) in [5.74, 6) is 33.1. The lowest BCUT2D eigenvalue weighted by Gasteiger charge is -2.56. The standard InChI is InChI=1S/C13H24.2C12H22.2C11H20.C10H18.C9H16.C8H14.C7H12.C6H10/c1-11-8-9-12-4-2-6-13(10-11)7-3-5-12;1-10-8-11-4-2-5-12(9-10)7-3-6-11;1-10-5-6-11-3-2-4-12(9-10)8-7-11;1-9-2-3-10-4-6-11(8-9)7-5-10;1-9-7-10-3-2-4-11(8-9)6-5-10;1-8-2-3-9-4-5-10(6-8)7-9;1-7-2-3-8-5-9(4-7)6-8;1-6-2-7-4-8(3-6)5-7;1-5-2-6-3-7(5)4-6;1-4-5-2-6(4)3-5/h11-13H,2-10H2,1H3;2*10-12H,2-9H2,1H3;2*9-11H,2-8H2,1H3;8-10H,2-7H2,1H3;7-9H,2-6H2,1H3;6-8H,2-5H2,1H3;5-7H,2-4H2,1H3;4-6H,2-3H2,1H3/t11-,12?,13?;;10-,11?,12?;9-,10?,11?;;8-,9?,10?;7-,8?,9?;;5-,6?,7?;/m1.11.11.1./s1. The van der Waals surface area contributed by atoms with E-state index in [0.717, 1.165) is 160 Å². The van der Waals surface area contributed by atoms with E-state index in [-0.39, 0.29) is 0 Å². The highest BCUT2D eigenvalue weighted by molar-refractivity contribution is 4.99. The van der Waals surface area contributed by atoms with Crippen LogP contribution in [0.2, 0.25) is 0 Å². The van der Waals surface area contributed by atoms with Crippen molar-refractivity contribution in [1.82, 2.24) is 0 Å². The Bertz CT molecular complexity index is 2050. The summed E-state index contributed by atoms with van der Waals surface area (Å²) in [6.07, 6.45) is 91.1. The minimum atomic E-state index is 1.02. The Balaban J connectivity index is 0.000000112. The van der Waals surface area contributed by atoms with Crippen LogP contribution < -0.4 is 0 Å². The molecule has 0 aromatic heterocycles. The van der Waals surface area contributed by atoms with Gasteiger partial charge < -0.3 is 0 Å². The summed E-state index contributed by atoms with van der Waals surface area (Å²) in [5, 5.41) is 0. The van der Waals surface area contributed by atoms with Gasteiger partial charge in [-0.05, 0) is 312 Å². The van der Waals surface area contributed by atoms with Gasteiger partial charge in [0.2, 0.25) is 0 Å². The van der Waals surface area contributed by atoms with Gasteiger partial charge in [0.15, 0.2) is 0 Å². The summed E-state index contributed by atoms with van der Waals surface area (Å²) < 4.78 is 0. The van der Waals surface area contributed by atoms with Crippen molar-refractivity contribution in [3.63, 3.8) is 0 Å². The number of hydrogen-bond acceptors (Lipinski definition) is 0. The smallest absolute Gasteiger partial charge is 0.0380 e. The summed E-state index contributed by atoms with van der Waals surface area (Å²) >= 11 is 0. The van der Waals surface area contributed by atoms with Crippen molar-refractivity contribution in [3.8, 4) is 0 Å². The number of fused-ring (bicyclic) bond motifs is 32. The fourth-order valence-corrected chi connectivity index (χ4v) is 27.7. The van der Waals surface area contributed by atoms with Crippen LogP contribution in [0.15, 0.2) is 0 Å². The molecule has 0 radical (unpaired) electrons. The monoisotopic (exact) mass is 1370 g/mol. The number of rotatable bonds is 0. The third kappa shape index (κ3) is 27.3. The van der Waals surface area contributed by atoms with Crippen LogP contribution >= 0.6 is 0 Å². The van der Waals surface area contributed by atoms with Crippen LogP contribution in [-0.4, -0.2) is 0 Å². The fraction of sp³-hybridized carbons (Fsp3) is 1.00. The summed E-state index contributed by atoms with van der Waals surface area (Å²) in [7, 11) is 0. The molecule has 574 valence electrons. The molecule has 0 aliphatic heterocycles. The maximum atomic E-state index is 2.47. The molecule has 0 heterocycles. The van der Waals surface area contributed by atoms with Crippen molar-refractivity contribution in [1.29, 1.82) is 0 Å². The molecule has 27 saturated carbocycles. The van der Waals surface area contributed by atoms with Crippen LogP contribution in [0.5, 0.6) is 0 Å². The molecule has 27 aliphatic carbocycles. The molecular formula is C99H178. The molecule has 6 unspecified atom stereocenters. The van der Waals surface area contributed by atoms with E-state index >= 15 is 0 Å². The van der Waals surface area contributed by atoms with Gasteiger partial charge in [-0.15, -0.1) is 0 Å². The van der Waals surface area contributed by atoms with Crippen molar-refractivity contribution < 1.29 is 0 Å². The van der Waals surface area contributed by atoms with Crippen molar-refractivity contribution in [2.45, 2.75) is 448 Å². The molecule has 27 rings (SSSR count). The van der Waals surface area contributed by atoms with Gasteiger partial charge in [0.1, 0.15) is 0 Å². The van der Waals surface area contributed by atoms with Crippen molar-refractivity contribution in [2.24, 2.45) is 178 Å². The second-order valence-electron chi connectivity index (χ2n) is 44.0. The molecule has 0 N–H and O–H groups in total. The highest BCUT2D eigenvalue weighted by Crippen LogP contribution is 2.58. The molecule has 0 aromatic carbocycles. The molecule has 0 aromatic rings. The summed E-state index contributed by atoms with van der Waals surface area (Å²) in [5.41, 5.74) is 0. The van der Waals surface area contributed by atoms with E-state index in [9.17, 15) is 0 Å². The highest BCUT2D eigenvalue weighted by atomic mass is 14.5. The van der Waals surface area contributed by atoms with Gasteiger partial charge in [0.25, 0.3) is 0 Å². The first-order chi connectivity index (χ1) is 48.0. The van der Waals surface area contributed by atoms with Gasteiger partial charge in [0, 0.05) is 0 Å². The van der Waals surface area contributed by atoms with Crippen LogP contribution in [0.1, 0.15) is 448 Å². The summed E-state index contributed by atoms with van der Waals surface area (Å²) in [6, 6.07) is 0. The normalized spacial score (nSPS) is 47.3.